The van der Waals surface area contributed by atoms with Crippen LogP contribution in [-0.4, -0.2) is 11.5 Å². The van der Waals surface area contributed by atoms with E-state index >= 15 is 0 Å². The summed E-state index contributed by atoms with van der Waals surface area (Å²) >= 11 is 7.79. The Kier molecular flexibility index (Phi) is 3.07. The van der Waals surface area contributed by atoms with Gasteiger partial charge in [-0.1, -0.05) is 18.0 Å². The Morgan fingerprint density at radius 3 is 3.12 bits per heavy atom. The van der Waals surface area contributed by atoms with Crippen LogP contribution in [-0.2, 0) is 0 Å². The maximum Gasteiger partial charge on any atom is 0.0972 e. The number of nitrogens with zero attached hydrogens (tertiary/aromatic N) is 1. The van der Waals surface area contributed by atoms with Crippen molar-refractivity contribution in [1.29, 1.82) is 0 Å². The highest BCUT2D eigenvalue weighted by atomic mass is 35.5. The van der Waals surface area contributed by atoms with Gasteiger partial charge < -0.3 is 5.73 Å². The molecule has 1 aliphatic carbocycles. The van der Waals surface area contributed by atoms with E-state index in [1.165, 1.54) is 29.0 Å². The maximum absolute atomic E-state index is 5.99. The third-order valence-corrected chi connectivity index (χ3v) is 5.05. The first-order chi connectivity index (χ1) is 8.28. The number of aromatic nitrogens is 1. The van der Waals surface area contributed by atoms with E-state index in [1.54, 1.807) is 11.3 Å². The molecule has 2 nitrogen and oxygen atoms in total. The zero-order chi connectivity index (χ0) is 11.8. The monoisotopic (exact) mass is 266 g/mol. The minimum Gasteiger partial charge on any atom is -0.330 e. The molecule has 3 rings (SSSR count). The second kappa shape index (κ2) is 4.56. The normalized spacial score (nSPS) is 24.6. The summed E-state index contributed by atoms with van der Waals surface area (Å²) in [4.78, 5) is 4.73. The van der Waals surface area contributed by atoms with Crippen LogP contribution in [0.4, 0.5) is 0 Å². The molecule has 1 fully saturated rings. The molecule has 0 saturated heterocycles. The van der Waals surface area contributed by atoms with E-state index in [9.17, 15) is 0 Å². The average Bonchev–Trinajstić information content (AvgIpc) is 2.93. The van der Waals surface area contributed by atoms with Gasteiger partial charge in [-0.25, -0.2) is 4.98 Å². The Balaban J connectivity index is 2.00. The lowest BCUT2D eigenvalue weighted by atomic mass is 9.97. The fourth-order valence-corrected chi connectivity index (χ4v) is 4.06. The van der Waals surface area contributed by atoms with Crippen molar-refractivity contribution in [3.8, 4) is 0 Å². The average molecular weight is 267 g/mol. The molecular formula is C13H15ClN2S. The predicted octanol–water partition coefficient (Wildman–Crippen LogP) is 3.79. The molecule has 1 aromatic heterocycles. The Morgan fingerprint density at radius 2 is 2.29 bits per heavy atom. The summed E-state index contributed by atoms with van der Waals surface area (Å²) < 4.78 is 1.23. The van der Waals surface area contributed by atoms with Gasteiger partial charge in [0, 0.05) is 10.9 Å². The highest BCUT2D eigenvalue weighted by Crippen LogP contribution is 2.41. The van der Waals surface area contributed by atoms with Crippen LogP contribution in [0.3, 0.4) is 0 Å². The SMILES string of the molecule is NCC1CCCC1c1nc2cc(Cl)ccc2s1. The second-order valence-electron chi connectivity index (χ2n) is 4.70. The van der Waals surface area contributed by atoms with Crippen molar-refractivity contribution in [3.63, 3.8) is 0 Å². The smallest absolute Gasteiger partial charge is 0.0972 e. The molecule has 0 aliphatic heterocycles. The Hall–Kier alpha value is -0.640. The number of benzene rings is 1. The third kappa shape index (κ3) is 2.07. The van der Waals surface area contributed by atoms with Gasteiger partial charge >= 0.3 is 0 Å². The third-order valence-electron chi connectivity index (χ3n) is 3.65. The zero-order valence-electron chi connectivity index (χ0n) is 9.53. The molecule has 1 aromatic carbocycles. The van der Waals surface area contributed by atoms with Crippen LogP contribution in [0.1, 0.15) is 30.2 Å². The molecule has 0 spiro atoms. The quantitative estimate of drug-likeness (QED) is 0.898. The minimum atomic E-state index is 0.566. The molecule has 90 valence electrons. The first-order valence-corrected chi connectivity index (χ1v) is 7.23. The number of hydrogen-bond acceptors (Lipinski definition) is 3. The van der Waals surface area contributed by atoms with E-state index in [2.05, 4.69) is 6.07 Å². The molecule has 2 unspecified atom stereocenters. The molecule has 0 radical (unpaired) electrons. The number of rotatable bonds is 2. The van der Waals surface area contributed by atoms with Crippen LogP contribution in [0, 0.1) is 5.92 Å². The Labute approximate surface area is 110 Å². The van der Waals surface area contributed by atoms with E-state index in [0.717, 1.165) is 17.1 Å². The van der Waals surface area contributed by atoms with Gasteiger partial charge in [-0.15, -0.1) is 11.3 Å². The summed E-state index contributed by atoms with van der Waals surface area (Å²) in [7, 11) is 0. The molecular weight excluding hydrogens is 252 g/mol. The van der Waals surface area contributed by atoms with E-state index in [4.69, 9.17) is 22.3 Å². The number of nitrogens with two attached hydrogens (primary N) is 1. The highest BCUT2D eigenvalue weighted by molar-refractivity contribution is 7.18. The maximum atomic E-state index is 5.99. The lowest BCUT2D eigenvalue weighted by molar-refractivity contribution is 0.495. The van der Waals surface area contributed by atoms with Gasteiger partial charge in [-0.05, 0) is 43.5 Å². The standard InChI is InChI=1S/C13H15ClN2S/c14-9-4-5-12-11(6-9)16-13(17-12)10-3-1-2-8(10)7-15/h4-6,8,10H,1-3,7,15H2. The largest absolute Gasteiger partial charge is 0.330 e. The topological polar surface area (TPSA) is 38.9 Å². The summed E-state index contributed by atoms with van der Waals surface area (Å²) in [6.07, 6.45) is 3.76. The first-order valence-electron chi connectivity index (χ1n) is 6.04. The molecule has 1 saturated carbocycles. The Bertz CT molecular complexity index is 537. The van der Waals surface area contributed by atoms with Gasteiger partial charge in [-0.3, -0.25) is 0 Å². The van der Waals surface area contributed by atoms with Gasteiger partial charge in [0.2, 0.25) is 0 Å². The van der Waals surface area contributed by atoms with E-state index in [1.807, 2.05) is 12.1 Å². The van der Waals surface area contributed by atoms with Crippen LogP contribution in [0.15, 0.2) is 18.2 Å². The lowest BCUT2D eigenvalue weighted by Gasteiger charge is -2.14. The van der Waals surface area contributed by atoms with Gasteiger partial charge in [-0.2, -0.15) is 0 Å². The molecule has 0 bridgehead atoms. The fraction of sp³-hybridized carbons (Fsp3) is 0.462. The van der Waals surface area contributed by atoms with Crippen molar-refractivity contribution >= 4 is 33.2 Å². The number of hydrogen-bond donors (Lipinski definition) is 1. The summed E-state index contributed by atoms with van der Waals surface area (Å²) in [5, 5.41) is 2.01. The van der Waals surface area contributed by atoms with Crippen LogP contribution in [0.2, 0.25) is 5.02 Å². The van der Waals surface area contributed by atoms with Crippen molar-refractivity contribution in [2.45, 2.75) is 25.2 Å². The number of halogens is 1. The van der Waals surface area contributed by atoms with Crippen LogP contribution >= 0.6 is 22.9 Å². The van der Waals surface area contributed by atoms with Crippen molar-refractivity contribution in [2.75, 3.05) is 6.54 Å². The van der Waals surface area contributed by atoms with Gasteiger partial charge in [0.15, 0.2) is 0 Å². The lowest BCUT2D eigenvalue weighted by Crippen LogP contribution is -2.16. The molecule has 2 atom stereocenters. The van der Waals surface area contributed by atoms with Crippen molar-refractivity contribution < 1.29 is 0 Å². The van der Waals surface area contributed by atoms with Crippen LogP contribution in [0.25, 0.3) is 10.2 Å². The molecule has 2 aromatic rings. The summed E-state index contributed by atoms with van der Waals surface area (Å²) in [5.74, 6) is 1.18. The summed E-state index contributed by atoms with van der Waals surface area (Å²) in [6.45, 7) is 0.779. The van der Waals surface area contributed by atoms with Crippen LogP contribution in [0.5, 0.6) is 0 Å². The summed E-state index contributed by atoms with van der Waals surface area (Å²) in [6, 6.07) is 5.94. The van der Waals surface area contributed by atoms with E-state index in [0.29, 0.717) is 11.8 Å². The van der Waals surface area contributed by atoms with Crippen LogP contribution < -0.4 is 5.73 Å². The Morgan fingerprint density at radius 1 is 1.41 bits per heavy atom. The van der Waals surface area contributed by atoms with Crippen molar-refractivity contribution in [3.05, 3.63) is 28.2 Å². The van der Waals surface area contributed by atoms with Gasteiger partial charge in [0.05, 0.1) is 15.2 Å². The highest BCUT2D eigenvalue weighted by Gasteiger charge is 2.29. The fourth-order valence-electron chi connectivity index (χ4n) is 2.72. The molecule has 1 heterocycles. The number of thiazole rings is 1. The van der Waals surface area contributed by atoms with E-state index in [-0.39, 0.29) is 0 Å². The molecule has 1 aliphatic rings. The molecule has 17 heavy (non-hydrogen) atoms. The minimum absolute atomic E-state index is 0.566. The van der Waals surface area contributed by atoms with Gasteiger partial charge in [0.1, 0.15) is 0 Å². The molecule has 4 heteroatoms. The second-order valence-corrected chi connectivity index (χ2v) is 6.20. The predicted molar refractivity (Wildman–Crippen MR) is 73.8 cm³/mol. The van der Waals surface area contributed by atoms with E-state index < -0.39 is 0 Å². The van der Waals surface area contributed by atoms with Crippen molar-refractivity contribution in [1.82, 2.24) is 4.98 Å². The summed E-state index contributed by atoms with van der Waals surface area (Å²) in [5.41, 5.74) is 6.86. The van der Waals surface area contributed by atoms with Gasteiger partial charge in [0.25, 0.3) is 0 Å². The molecule has 2 N–H and O–H groups in total. The molecule has 0 amide bonds. The zero-order valence-corrected chi connectivity index (χ0v) is 11.1. The van der Waals surface area contributed by atoms with Crippen molar-refractivity contribution in [2.24, 2.45) is 11.7 Å². The first kappa shape index (κ1) is 11.5. The number of fused-ring (bicyclic) bond motifs is 1.